The highest BCUT2D eigenvalue weighted by Crippen LogP contribution is 2.29. The maximum atomic E-state index is 11.0. The Balaban J connectivity index is 2.32. The highest BCUT2D eigenvalue weighted by atomic mass is 32.1. The number of rotatable bonds is 2. The predicted molar refractivity (Wildman–Crippen MR) is 68.8 cm³/mol. The summed E-state index contributed by atoms with van der Waals surface area (Å²) in [7, 11) is 0. The average Bonchev–Trinajstić information content (AvgIpc) is 2.64. The van der Waals surface area contributed by atoms with Gasteiger partial charge in [-0.05, 0) is 36.8 Å². The van der Waals surface area contributed by atoms with Crippen LogP contribution >= 0.6 is 11.3 Å². The number of hydrogen-bond donors (Lipinski definition) is 1. The van der Waals surface area contributed by atoms with Crippen molar-refractivity contribution in [3.05, 3.63) is 41.3 Å². The van der Waals surface area contributed by atoms with Gasteiger partial charge in [-0.3, -0.25) is 4.79 Å². The molecule has 2 aromatic rings. The van der Waals surface area contributed by atoms with E-state index >= 15 is 0 Å². The van der Waals surface area contributed by atoms with E-state index in [1.54, 1.807) is 11.3 Å². The summed E-state index contributed by atoms with van der Waals surface area (Å²) in [4.78, 5) is 13.5. The lowest BCUT2D eigenvalue weighted by molar-refractivity contribution is -0.114. The van der Waals surface area contributed by atoms with Crippen LogP contribution in [-0.4, -0.2) is 5.91 Å². The van der Waals surface area contributed by atoms with Gasteiger partial charge in [-0.25, -0.2) is 0 Å². The van der Waals surface area contributed by atoms with Crippen LogP contribution in [0.2, 0.25) is 0 Å². The fourth-order valence-electron chi connectivity index (χ4n) is 1.54. The zero-order valence-corrected chi connectivity index (χ0v) is 10.1. The van der Waals surface area contributed by atoms with E-state index in [-0.39, 0.29) is 5.91 Å². The molecule has 0 aliphatic heterocycles. The Bertz CT molecular complexity index is 516. The summed E-state index contributed by atoms with van der Waals surface area (Å²) in [5.74, 6) is -0.0421. The third kappa shape index (κ3) is 2.49. The molecule has 1 amide bonds. The lowest BCUT2D eigenvalue weighted by Gasteiger charge is -2.03. The molecule has 0 radical (unpaired) electrons. The van der Waals surface area contributed by atoms with Crippen molar-refractivity contribution in [2.24, 2.45) is 0 Å². The largest absolute Gasteiger partial charge is 0.326 e. The number of amides is 1. The van der Waals surface area contributed by atoms with Crippen LogP contribution in [0.25, 0.3) is 10.4 Å². The van der Waals surface area contributed by atoms with Gasteiger partial charge in [-0.1, -0.05) is 12.1 Å². The first-order valence-electron chi connectivity index (χ1n) is 5.09. The summed E-state index contributed by atoms with van der Waals surface area (Å²) >= 11 is 1.76. The Morgan fingerprint density at radius 2 is 2.06 bits per heavy atom. The monoisotopic (exact) mass is 231 g/mol. The summed E-state index contributed by atoms with van der Waals surface area (Å²) in [5.41, 5.74) is 1.99. The highest BCUT2D eigenvalue weighted by molar-refractivity contribution is 7.15. The van der Waals surface area contributed by atoms with Gasteiger partial charge in [0.2, 0.25) is 5.91 Å². The number of carbonyl (C=O) groups excluding carboxylic acids is 1. The molecule has 1 aromatic carbocycles. The van der Waals surface area contributed by atoms with Crippen molar-refractivity contribution in [1.29, 1.82) is 0 Å². The number of thiophene rings is 1. The van der Waals surface area contributed by atoms with E-state index < -0.39 is 0 Å². The molecule has 0 aliphatic rings. The lowest BCUT2D eigenvalue weighted by Crippen LogP contribution is -2.05. The number of carbonyl (C=O) groups is 1. The van der Waals surface area contributed by atoms with Gasteiger partial charge < -0.3 is 5.32 Å². The highest BCUT2D eigenvalue weighted by Gasteiger charge is 2.02. The van der Waals surface area contributed by atoms with Crippen molar-refractivity contribution in [2.75, 3.05) is 5.32 Å². The van der Waals surface area contributed by atoms with Crippen molar-refractivity contribution < 1.29 is 4.79 Å². The quantitative estimate of drug-likeness (QED) is 0.839. The van der Waals surface area contributed by atoms with Crippen molar-refractivity contribution in [3.8, 4) is 10.4 Å². The van der Waals surface area contributed by atoms with E-state index in [1.165, 1.54) is 16.7 Å². The number of aryl methyl sites for hydroxylation is 1. The standard InChI is InChI=1S/C13H13NOS/c1-9-6-7-13(16-9)11-4-3-5-12(8-11)14-10(2)15/h3-8H,1-2H3,(H,14,15). The fourth-order valence-corrected chi connectivity index (χ4v) is 2.41. The Labute approximate surface area is 98.9 Å². The molecule has 0 saturated heterocycles. The summed E-state index contributed by atoms with van der Waals surface area (Å²) < 4.78 is 0. The molecule has 3 heteroatoms. The van der Waals surface area contributed by atoms with Crippen LogP contribution in [0.4, 0.5) is 5.69 Å². The van der Waals surface area contributed by atoms with Gasteiger partial charge in [0.05, 0.1) is 0 Å². The van der Waals surface area contributed by atoms with Crippen molar-refractivity contribution >= 4 is 22.9 Å². The number of nitrogens with one attached hydrogen (secondary N) is 1. The molecule has 2 nitrogen and oxygen atoms in total. The van der Waals surface area contributed by atoms with Crippen molar-refractivity contribution in [3.63, 3.8) is 0 Å². The SMILES string of the molecule is CC(=O)Nc1cccc(-c2ccc(C)s2)c1. The van der Waals surface area contributed by atoms with Crippen LogP contribution in [-0.2, 0) is 4.79 Å². The van der Waals surface area contributed by atoms with Gasteiger partial charge in [0.15, 0.2) is 0 Å². The molecule has 16 heavy (non-hydrogen) atoms. The molecule has 0 spiro atoms. The zero-order valence-electron chi connectivity index (χ0n) is 9.28. The van der Waals surface area contributed by atoms with Crippen LogP contribution in [0.5, 0.6) is 0 Å². The van der Waals surface area contributed by atoms with Crippen LogP contribution in [0.3, 0.4) is 0 Å². The summed E-state index contributed by atoms with van der Waals surface area (Å²) in [6.07, 6.45) is 0. The minimum atomic E-state index is -0.0421. The Kier molecular flexibility index (Phi) is 3.06. The number of hydrogen-bond acceptors (Lipinski definition) is 2. The lowest BCUT2D eigenvalue weighted by atomic mass is 10.1. The second-order valence-corrected chi connectivity index (χ2v) is 4.96. The first-order valence-corrected chi connectivity index (χ1v) is 5.91. The Morgan fingerprint density at radius 1 is 1.25 bits per heavy atom. The van der Waals surface area contributed by atoms with E-state index in [0.717, 1.165) is 11.3 Å². The minimum absolute atomic E-state index is 0.0421. The molecule has 1 N–H and O–H groups in total. The van der Waals surface area contributed by atoms with Gasteiger partial charge in [0.1, 0.15) is 0 Å². The molecule has 0 fully saturated rings. The smallest absolute Gasteiger partial charge is 0.221 e. The van der Waals surface area contributed by atoms with E-state index in [1.807, 2.05) is 18.2 Å². The molecule has 82 valence electrons. The van der Waals surface area contributed by atoms with E-state index in [2.05, 4.69) is 30.4 Å². The summed E-state index contributed by atoms with van der Waals surface area (Å²) in [5, 5.41) is 2.79. The van der Waals surface area contributed by atoms with Crippen LogP contribution in [0.1, 0.15) is 11.8 Å². The van der Waals surface area contributed by atoms with Crippen molar-refractivity contribution in [1.82, 2.24) is 0 Å². The Morgan fingerprint density at radius 3 is 2.69 bits per heavy atom. The summed E-state index contributed by atoms with van der Waals surface area (Å²) in [6, 6.07) is 12.1. The van der Waals surface area contributed by atoms with Crippen LogP contribution in [0.15, 0.2) is 36.4 Å². The van der Waals surface area contributed by atoms with E-state index in [4.69, 9.17) is 0 Å². The van der Waals surface area contributed by atoms with Gasteiger partial charge in [0, 0.05) is 22.4 Å². The maximum Gasteiger partial charge on any atom is 0.221 e. The zero-order chi connectivity index (χ0) is 11.5. The van der Waals surface area contributed by atoms with Gasteiger partial charge in [-0.2, -0.15) is 0 Å². The second kappa shape index (κ2) is 4.49. The first-order chi connectivity index (χ1) is 7.65. The Hall–Kier alpha value is -1.61. The van der Waals surface area contributed by atoms with Gasteiger partial charge in [-0.15, -0.1) is 11.3 Å². The first kappa shape index (κ1) is 10.9. The third-order valence-electron chi connectivity index (χ3n) is 2.21. The molecule has 1 heterocycles. The molecule has 0 saturated carbocycles. The second-order valence-electron chi connectivity index (χ2n) is 3.67. The number of anilines is 1. The average molecular weight is 231 g/mol. The third-order valence-corrected chi connectivity index (χ3v) is 3.26. The minimum Gasteiger partial charge on any atom is -0.326 e. The normalized spacial score (nSPS) is 10.1. The molecule has 0 unspecified atom stereocenters. The van der Waals surface area contributed by atoms with Crippen LogP contribution < -0.4 is 5.32 Å². The molecular weight excluding hydrogens is 218 g/mol. The van der Waals surface area contributed by atoms with Crippen LogP contribution in [0, 0.1) is 6.92 Å². The summed E-state index contributed by atoms with van der Waals surface area (Å²) in [6.45, 7) is 3.60. The molecule has 2 rings (SSSR count). The number of benzene rings is 1. The van der Waals surface area contributed by atoms with Crippen molar-refractivity contribution in [2.45, 2.75) is 13.8 Å². The van der Waals surface area contributed by atoms with Gasteiger partial charge >= 0.3 is 0 Å². The molecule has 0 atom stereocenters. The predicted octanol–water partition coefficient (Wildman–Crippen LogP) is 3.68. The topological polar surface area (TPSA) is 29.1 Å². The molecular formula is C13H13NOS. The fraction of sp³-hybridized carbons (Fsp3) is 0.154. The maximum absolute atomic E-state index is 11.0. The van der Waals surface area contributed by atoms with E-state index in [9.17, 15) is 4.79 Å². The molecule has 0 bridgehead atoms. The van der Waals surface area contributed by atoms with E-state index in [0.29, 0.717) is 0 Å². The molecule has 0 aliphatic carbocycles. The van der Waals surface area contributed by atoms with Gasteiger partial charge in [0.25, 0.3) is 0 Å². The molecule has 1 aromatic heterocycles.